The van der Waals surface area contributed by atoms with Crippen LogP contribution in [0.1, 0.15) is 40.4 Å². The van der Waals surface area contributed by atoms with Gasteiger partial charge in [-0.15, -0.1) is 0 Å². The summed E-state index contributed by atoms with van der Waals surface area (Å²) in [5, 5.41) is 4.44. The molecule has 156 valence electrons. The maximum Gasteiger partial charge on any atom is 0.269 e. The van der Waals surface area contributed by atoms with Crippen molar-refractivity contribution in [2.75, 3.05) is 6.54 Å². The Kier molecular flexibility index (Phi) is 6.50. The van der Waals surface area contributed by atoms with Gasteiger partial charge in [0.2, 0.25) is 0 Å². The van der Waals surface area contributed by atoms with Gasteiger partial charge in [0.15, 0.2) is 0 Å². The van der Waals surface area contributed by atoms with E-state index in [-0.39, 0.29) is 17.7 Å². The molecule has 2 unspecified atom stereocenters. The average Bonchev–Trinajstić information content (AvgIpc) is 2.80. The van der Waals surface area contributed by atoms with E-state index in [4.69, 9.17) is 23.2 Å². The van der Waals surface area contributed by atoms with Crippen molar-refractivity contribution >= 4 is 40.1 Å². The summed E-state index contributed by atoms with van der Waals surface area (Å²) >= 11 is 12.1. The predicted octanol–water partition coefficient (Wildman–Crippen LogP) is 6.25. The zero-order chi connectivity index (χ0) is 21.8. The van der Waals surface area contributed by atoms with Gasteiger partial charge in [0.1, 0.15) is 5.69 Å². The normalized spacial score (nSPS) is 13.0. The first-order chi connectivity index (χ1) is 15.0. The number of rotatable bonds is 6. The molecule has 0 fully saturated rings. The first-order valence-electron chi connectivity index (χ1n) is 10.0. The van der Waals surface area contributed by atoms with Gasteiger partial charge < -0.3 is 5.32 Å². The van der Waals surface area contributed by atoms with Crippen LogP contribution in [0.15, 0.2) is 79.0 Å². The zero-order valence-corrected chi connectivity index (χ0v) is 18.4. The van der Waals surface area contributed by atoms with Crippen molar-refractivity contribution in [3.8, 4) is 0 Å². The van der Waals surface area contributed by atoms with Crippen molar-refractivity contribution in [3.05, 3.63) is 106 Å². The third-order valence-corrected chi connectivity index (χ3v) is 5.97. The lowest BCUT2D eigenvalue weighted by molar-refractivity contribution is 0.0945. The smallest absolute Gasteiger partial charge is 0.269 e. The molecule has 2 aromatic heterocycles. The number of hydrogen-bond acceptors (Lipinski definition) is 3. The largest absolute Gasteiger partial charge is 0.350 e. The molecule has 4 nitrogen and oxygen atoms in total. The van der Waals surface area contributed by atoms with Crippen molar-refractivity contribution in [2.45, 2.75) is 18.8 Å². The highest BCUT2D eigenvalue weighted by Gasteiger charge is 2.22. The molecule has 0 aliphatic carbocycles. The number of nitrogens with one attached hydrogen (secondary N) is 1. The molecule has 4 aromatic rings. The minimum atomic E-state index is -0.215. The van der Waals surface area contributed by atoms with Gasteiger partial charge in [0.05, 0.1) is 11.0 Å². The maximum absolute atomic E-state index is 12.8. The number of hydrogen-bond donors (Lipinski definition) is 1. The predicted molar refractivity (Wildman–Crippen MR) is 126 cm³/mol. The molecule has 0 aliphatic rings. The minimum Gasteiger partial charge on any atom is -0.350 e. The molecule has 6 heteroatoms. The van der Waals surface area contributed by atoms with Crippen molar-refractivity contribution < 1.29 is 4.79 Å². The van der Waals surface area contributed by atoms with Crippen LogP contribution in [0.2, 0.25) is 10.0 Å². The minimum absolute atomic E-state index is 0.0458. The summed E-state index contributed by atoms with van der Waals surface area (Å²) in [6.45, 7) is 2.60. The number of fused-ring (bicyclic) bond motifs is 1. The lowest BCUT2D eigenvalue weighted by Crippen LogP contribution is -2.31. The fraction of sp³-hybridized carbons (Fsp3) is 0.160. The number of benzene rings is 2. The molecule has 1 amide bonds. The van der Waals surface area contributed by atoms with Crippen molar-refractivity contribution in [2.24, 2.45) is 0 Å². The lowest BCUT2D eigenvalue weighted by Gasteiger charge is -2.25. The lowest BCUT2D eigenvalue weighted by atomic mass is 9.82. The van der Waals surface area contributed by atoms with Gasteiger partial charge in [-0.2, -0.15) is 0 Å². The van der Waals surface area contributed by atoms with Crippen LogP contribution in [0.25, 0.3) is 11.0 Å². The number of carbonyl (C=O) groups is 1. The van der Waals surface area contributed by atoms with Gasteiger partial charge in [-0.3, -0.25) is 9.78 Å². The molecule has 2 aromatic carbocycles. The van der Waals surface area contributed by atoms with E-state index < -0.39 is 0 Å². The number of halogens is 2. The van der Waals surface area contributed by atoms with Crippen LogP contribution in [-0.4, -0.2) is 22.4 Å². The van der Waals surface area contributed by atoms with Crippen molar-refractivity contribution in [1.82, 2.24) is 15.3 Å². The fourth-order valence-corrected chi connectivity index (χ4v) is 3.92. The Hall–Kier alpha value is -2.95. The van der Waals surface area contributed by atoms with Crippen molar-refractivity contribution in [3.63, 3.8) is 0 Å². The van der Waals surface area contributed by atoms with Crippen LogP contribution in [0.3, 0.4) is 0 Å². The van der Waals surface area contributed by atoms with Gasteiger partial charge in [-0.25, -0.2) is 4.98 Å². The number of amides is 1. The Morgan fingerprint density at radius 2 is 1.52 bits per heavy atom. The van der Waals surface area contributed by atoms with Crippen LogP contribution in [0.4, 0.5) is 0 Å². The third-order valence-electron chi connectivity index (χ3n) is 5.47. The highest BCUT2D eigenvalue weighted by molar-refractivity contribution is 6.30. The number of pyridine rings is 2. The summed E-state index contributed by atoms with van der Waals surface area (Å²) in [4.78, 5) is 21.5. The Bertz CT molecular complexity index is 1190. The van der Waals surface area contributed by atoms with E-state index in [1.807, 2.05) is 60.7 Å². The van der Waals surface area contributed by atoms with E-state index in [1.165, 1.54) is 0 Å². The molecule has 1 N–H and O–H groups in total. The highest BCUT2D eigenvalue weighted by Crippen LogP contribution is 2.33. The summed E-state index contributed by atoms with van der Waals surface area (Å²) in [6.07, 6.45) is 1.71. The van der Waals surface area contributed by atoms with Crippen LogP contribution < -0.4 is 5.32 Å². The summed E-state index contributed by atoms with van der Waals surface area (Å²) < 4.78 is 0. The molecule has 0 radical (unpaired) electrons. The average molecular weight is 450 g/mol. The molecule has 2 heterocycles. The summed E-state index contributed by atoms with van der Waals surface area (Å²) in [6, 6.07) is 22.7. The van der Waals surface area contributed by atoms with Gasteiger partial charge in [0, 0.05) is 28.7 Å². The summed E-state index contributed by atoms with van der Waals surface area (Å²) in [5.74, 6) is -0.0231. The van der Waals surface area contributed by atoms with E-state index in [0.717, 1.165) is 16.6 Å². The highest BCUT2D eigenvalue weighted by atomic mass is 35.5. The molecule has 0 bridgehead atoms. The molecule has 0 aliphatic heterocycles. The molecular formula is C25H21Cl2N3O. The number of nitrogens with zero attached hydrogens (tertiary/aromatic N) is 2. The molecule has 0 saturated heterocycles. The number of aromatic nitrogens is 2. The molecule has 4 rings (SSSR count). The first kappa shape index (κ1) is 21.3. The van der Waals surface area contributed by atoms with Gasteiger partial charge in [-0.05, 0) is 65.6 Å². The fourth-order valence-electron chi connectivity index (χ4n) is 3.67. The van der Waals surface area contributed by atoms with Crippen LogP contribution >= 0.6 is 23.2 Å². The Balaban J connectivity index is 1.56. The van der Waals surface area contributed by atoms with Crippen LogP contribution in [-0.2, 0) is 0 Å². The Labute approximate surface area is 191 Å². The van der Waals surface area contributed by atoms with Gasteiger partial charge in [0.25, 0.3) is 5.91 Å². The second-order valence-electron chi connectivity index (χ2n) is 7.45. The molecule has 0 spiro atoms. The molecule has 0 saturated carbocycles. The van der Waals surface area contributed by atoms with E-state index in [9.17, 15) is 4.79 Å². The van der Waals surface area contributed by atoms with E-state index in [1.54, 1.807) is 18.3 Å². The Morgan fingerprint density at radius 3 is 2.19 bits per heavy atom. The second kappa shape index (κ2) is 9.46. The first-order valence-corrected chi connectivity index (χ1v) is 10.8. The quantitative estimate of drug-likeness (QED) is 0.378. The van der Waals surface area contributed by atoms with Gasteiger partial charge in [-0.1, -0.05) is 54.4 Å². The molecular weight excluding hydrogens is 429 g/mol. The SMILES string of the molecule is CC(c1ccc(Cl)cc1)C(CNC(=O)c1ccc2ncccc2n1)c1ccc(Cl)cc1. The standard InChI is InChI=1S/C25H21Cl2N3O/c1-16(17-4-8-19(26)9-5-17)21(18-6-10-20(27)11-7-18)15-29-25(31)24-13-12-22-23(30-24)3-2-14-28-22/h2-14,16,21H,15H2,1H3,(H,29,31). The van der Waals surface area contributed by atoms with Crippen LogP contribution in [0.5, 0.6) is 0 Å². The zero-order valence-electron chi connectivity index (χ0n) is 16.9. The van der Waals surface area contributed by atoms with E-state index in [0.29, 0.717) is 27.8 Å². The van der Waals surface area contributed by atoms with E-state index in [2.05, 4.69) is 22.2 Å². The van der Waals surface area contributed by atoms with E-state index >= 15 is 0 Å². The van der Waals surface area contributed by atoms with Crippen molar-refractivity contribution in [1.29, 1.82) is 0 Å². The topological polar surface area (TPSA) is 54.9 Å². The molecule has 2 atom stereocenters. The van der Waals surface area contributed by atoms with Crippen LogP contribution in [0, 0.1) is 0 Å². The number of carbonyl (C=O) groups excluding carboxylic acids is 1. The maximum atomic E-state index is 12.8. The molecule has 31 heavy (non-hydrogen) atoms. The Morgan fingerprint density at radius 1 is 0.871 bits per heavy atom. The second-order valence-corrected chi connectivity index (χ2v) is 8.32. The monoisotopic (exact) mass is 449 g/mol. The summed E-state index contributed by atoms with van der Waals surface area (Å²) in [5.41, 5.74) is 4.07. The third kappa shape index (κ3) is 5.04. The van der Waals surface area contributed by atoms with Gasteiger partial charge >= 0.3 is 0 Å². The summed E-state index contributed by atoms with van der Waals surface area (Å²) in [7, 11) is 0.